The first-order valence-corrected chi connectivity index (χ1v) is 7.34. The average molecular weight is 273 g/mol. The molecular weight excluding hydrogens is 254 g/mol. The molecule has 0 fully saturated rings. The van der Waals surface area contributed by atoms with Gasteiger partial charge >= 0.3 is 0 Å². The second-order valence-corrected chi connectivity index (χ2v) is 5.43. The van der Waals surface area contributed by atoms with E-state index in [0.29, 0.717) is 0 Å². The molecule has 0 saturated heterocycles. The molecule has 2 aromatic rings. The molecule has 1 N–H and O–H groups in total. The van der Waals surface area contributed by atoms with Gasteiger partial charge in [0.25, 0.3) is 0 Å². The van der Waals surface area contributed by atoms with Crippen LogP contribution in [0.5, 0.6) is 5.75 Å². The van der Waals surface area contributed by atoms with Gasteiger partial charge in [-0.25, -0.2) is 0 Å². The van der Waals surface area contributed by atoms with Crippen molar-refractivity contribution in [2.24, 2.45) is 0 Å². The van der Waals surface area contributed by atoms with Crippen molar-refractivity contribution in [1.29, 1.82) is 0 Å². The van der Waals surface area contributed by atoms with Crippen LogP contribution >= 0.6 is 11.8 Å². The third kappa shape index (κ3) is 4.21. The van der Waals surface area contributed by atoms with Crippen molar-refractivity contribution in [1.82, 2.24) is 0 Å². The van der Waals surface area contributed by atoms with Crippen LogP contribution < -0.4 is 10.1 Å². The number of aryl methyl sites for hydroxylation is 1. The van der Waals surface area contributed by atoms with Crippen molar-refractivity contribution >= 4 is 17.4 Å². The van der Waals surface area contributed by atoms with Crippen molar-refractivity contribution in [2.45, 2.75) is 11.8 Å². The molecule has 0 radical (unpaired) electrons. The van der Waals surface area contributed by atoms with E-state index < -0.39 is 0 Å². The molecule has 2 nitrogen and oxygen atoms in total. The Labute approximate surface area is 119 Å². The number of para-hydroxylation sites is 1. The van der Waals surface area contributed by atoms with Gasteiger partial charge in [0, 0.05) is 22.9 Å². The fraction of sp³-hybridized carbons (Fsp3) is 0.250. The number of nitrogens with one attached hydrogen (secondary N) is 1. The Hall–Kier alpha value is -1.61. The van der Waals surface area contributed by atoms with Gasteiger partial charge in [0.1, 0.15) is 5.75 Å². The second-order valence-electron chi connectivity index (χ2n) is 4.27. The molecule has 0 spiro atoms. The predicted octanol–water partition coefficient (Wildman–Crippen LogP) is 4.21. The number of ether oxygens (including phenoxy) is 1. The molecule has 0 saturated carbocycles. The summed E-state index contributed by atoms with van der Waals surface area (Å²) < 4.78 is 5.14. The Balaban J connectivity index is 1.76. The van der Waals surface area contributed by atoms with Crippen LogP contribution in [0, 0.1) is 6.92 Å². The molecule has 0 bridgehead atoms. The lowest BCUT2D eigenvalue weighted by molar-refractivity contribution is 0.414. The zero-order valence-corrected chi connectivity index (χ0v) is 12.2. The summed E-state index contributed by atoms with van der Waals surface area (Å²) in [6, 6.07) is 16.5. The number of thioether (sulfide) groups is 1. The summed E-state index contributed by atoms with van der Waals surface area (Å²) >= 11 is 1.85. The van der Waals surface area contributed by atoms with Gasteiger partial charge < -0.3 is 10.1 Å². The van der Waals surface area contributed by atoms with Gasteiger partial charge in [-0.3, -0.25) is 0 Å². The smallest absolute Gasteiger partial charge is 0.118 e. The minimum Gasteiger partial charge on any atom is -0.497 e. The maximum Gasteiger partial charge on any atom is 0.118 e. The standard InChI is InChI=1S/C16H19NOS/c1-13-5-3-4-6-16(13)17-11-12-19-15-9-7-14(18-2)8-10-15/h3-10,17H,11-12H2,1-2H3. The fourth-order valence-electron chi connectivity index (χ4n) is 1.80. The highest BCUT2D eigenvalue weighted by Crippen LogP contribution is 2.21. The Morgan fingerprint density at radius 1 is 1.05 bits per heavy atom. The highest BCUT2D eigenvalue weighted by atomic mass is 32.2. The quantitative estimate of drug-likeness (QED) is 0.629. The van der Waals surface area contributed by atoms with Crippen molar-refractivity contribution in [3.8, 4) is 5.75 Å². The summed E-state index contributed by atoms with van der Waals surface area (Å²) in [6.45, 7) is 3.08. The zero-order valence-electron chi connectivity index (χ0n) is 11.3. The maximum absolute atomic E-state index is 5.14. The van der Waals surface area contributed by atoms with Crippen LogP contribution in [0.2, 0.25) is 0 Å². The minimum absolute atomic E-state index is 0.905. The largest absolute Gasteiger partial charge is 0.497 e. The number of rotatable bonds is 6. The van der Waals surface area contributed by atoms with Crippen molar-refractivity contribution in [3.05, 3.63) is 54.1 Å². The molecule has 19 heavy (non-hydrogen) atoms. The van der Waals surface area contributed by atoms with Gasteiger partial charge in [-0.1, -0.05) is 18.2 Å². The van der Waals surface area contributed by atoms with E-state index in [1.807, 2.05) is 23.9 Å². The summed E-state index contributed by atoms with van der Waals surface area (Å²) in [5, 5.41) is 3.46. The summed E-state index contributed by atoms with van der Waals surface area (Å²) in [4.78, 5) is 1.27. The molecule has 0 heterocycles. The fourth-order valence-corrected chi connectivity index (χ4v) is 2.57. The second kappa shape index (κ2) is 7.10. The number of methoxy groups -OCH3 is 1. The first-order valence-electron chi connectivity index (χ1n) is 6.36. The molecule has 0 aliphatic heterocycles. The number of hydrogen-bond donors (Lipinski definition) is 1. The van der Waals surface area contributed by atoms with Crippen LogP contribution in [0.1, 0.15) is 5.56 Å². The van der Waals surface area contributed by atoms with Crippen LogP contribution in [0.4, 0.5) is 5.69 Å². The van der Waals surface area contributed by atoms with Crippen molar-refractivity contribution < 1.29 is 4.74 Å². The Kier molecular flexibility index (Phi) is 5.16. The lowest BCUT2D eigenvalue weighted by atomic mass is 10.2. The summed E-state index contributed by atoms with van der Waals surface area (Å²) in [6.07, 6.45) is 0. The van der Waals surface area contributed by atoms with Crippen LogP contribution in [0.3, 0.4) is 0 Å². The topological polar surface area (TPSA) is 21.3 Å². The molecule has 0 aliphatic carbocycles. The molecule has 0 amide bonds. The first kappa shape index (κ1) is 13.8. The highest BCUT2D eigenvalue weighted by Gasteiger charge is 1.97. The van der Waals surface area contributed by atoms with Crippen LogP contribution in [0.25, 0.3) is 0 Å². The Bertz CT molecular complexity index is 510. The Morgan fingerprint density at radius 2 is 1.79 bits per heavy atom. The maximum atomic E-state index is 5.14. The molecular formula is C16H19NOS. The zero-order chi connectivity index (χ0) is 13.5. The monoisotopic (exact) mass is 273 g/mol. The molecule has 0 aliphatic rings. The molecule has 100 valence electrons. The van der Waals surface area contributed by atoms with E-state index in [2.05, 4.69) is 48.6 Å². The van der Waals surface area contributed by atoms with E-state index in [0.717, 1.165) is 18.0 Å². The Morgan fingerprint density at radius 3 is 2.47 bits per heavy atom. The summed E-state index contributed by atoms with van der Waals surface area (Å²) in [7, 11) is 1.69. The SMILES string of the molecule is COc1ccc(SCCNc2ccccc2C)cc1. The van der Waals surface area contributed by atoms with E-state index >= 15 is 0 Å². The third-order valence-corrected chi connectivity index (χ3v) is 3.90. The van der Waals surface area contributed by atoms with Gasteiger partial charge in [-0.05, 0) is 42.8 Å². The van der Waals surface area contributed by atoms with Gasteiger partial charge in [0.15, 0.2) is 0 Å². The molecule has 2 rings (SSSR count). The molecule has 3 heteroatoms. The molecule has 0 aromatic heterocycles. The van der Waals surface area contributed by atoms with Gasteiger partial charge in [0.2, 0.25) is 0 Å². The number of benzene rings is 2. The highest BCUT2D eigenvalue weighted by molar-refractivity contribution is 7.99. The van der Waals surface area contributed by atoms with Crippen LogP contribution in [-0.4, -0.2) is 19.4 Å². The van der Waals surface area contributed by atoms with E-state index in [1.54, 1.807) is 7.11 Å². The minimum atomic E-state index is 0.905. The predicted molar refractivity (Wildman–Crippen MR) is 83.4 cm³/mol. The van der Waals surface area contributed by atoms with Crippen LogP contribution in [0.15, 0.2) is 53.4 Å². The van der Waals surface area contributed by atoms with Gasteiger partial charge in [0.05, 0.1) is 7.11 Å². The summed E-state index contributed by atoms with van der Waals surface area (Å²) in [5.41, 5.74) is 2.51. The van der Waals surface area contributed by atoms with E-state index in [9.17, 15) is 0 Å². The van der Waals surface area contributed by atoms with E-state index in [1.165, 1.54) is 16.1 Å². The van der Waals surface area contributed by atoms with Gasteiger partial charge in [-0.2, -0.15) is 0 Å². The third-order valence-electron chi connectivity index (χ3n) is 2.89. The normalized spacial score (nSPS) is 10.2. The van der Waals surface area contributed by atoms with Crippen LogP contribution in [-0.2, 0) is 0 Å². The molecule has 2 aromatic carbocycles. The van der Waals surface area contributed by atoms with Crippen molar-refractivity contribution in [2.75, 3.05) is 24.7 Å². The number of hydrogen-bond acceptors (Lipinski definition) is 3. The molecule has 0 atom stereocenters. The van der Waals surface area contributed by atoms with E-state index in [4.69, 9.17) is 4.74 Å². The summed E-state index contributed by atoms with van der Waals surface area (Å²) in [5.74, 6) is 1.95. The van der Waals surface area contributed by atoms with Crippen molar-refractivity contribution in [3.63, 3.8) is 0 Å². The number of anilines is 1. The first-order chi connectivity index (χ1) is 9.29. The lowest BCUT2D eigenvalue weighted by Gasteiger charge is -2.09. The molecule has 0 unspecified atom stereocenters. The van der Waals surface area contributed by atoms with E-state index in [-0.39, 0.29) is 0 Å². The lowest BCUT2D eigenvalue weighted by Crippen LogP contribution is -2.04. The average Bonchev–Trinajstić information content (AvgIpc) is 2.46. The van der Waals surface area contributed by atoms with Gasteiger partial charge in [-0.15, -0.1) is 11.8 Å².